The van der Waals surface area contributed by atoms with Gasteiger partial charge in [-0.15, -0.1) is 5.10 Å². The van der Waals surface area contributed by atoms with E-state index in [1.54, 1.807) is 12.1 Å². The number of rotatable bonds is 3. The Morgan fingerprint density at radius 2 is 2.29 bits per heavy atom. The highest BCUT2D eigenvalue weighted by Crippen LogP contribution is 2.27. The van der Waals surface area contributed by atoms with Gasteiger partial charge in [0.1, 0.15) is 0 Å². The Morgan fingerprint density at radius 1 is 1.50 bits per heavy atom. The molecule has 0 saturated heterocycles. The lowest BCUT2D eigenvalue weighted by Gasteiger charge is -2.02. The van der Waals surface area contributed by atoms with Crippen molar-refractivity contribution in [1.29, 1.82) is 0 Å². The second-order valence-electron chi connectivity index (χ2n) is 3.71. The van der Waals surface area contributed by atoms with Crippen molar-refractivity contribution in [3.05, 3.63) is 23.5 Å². The lowest BCUT2D eigenvalue weighted by Crippen LogP contribution is -2.26. The molecule has 1 heterocycles. The van der Waals surface area contributed by atoms with Crippen LogP contribution < -0.4 is 5.32 Å². The van der Waals surface area contributed by atoms with Gasteiger partial charge in [0, 0.05) is 6.54 Å². The molecule has 14 heavy (non-hydrogen) atoms. The Kier molecular flexibility index (Phi) is 2.43. The van der Waals surface area contributed by atoms with E-state index in [-0.39, 0.29) is 5.91 Å². The molecular weight excluding hydrogens is 178 g/mol. The largest absolute Gasteiger partial charge is 0.350 e. The van der Waals surface area contributed by atoms with Gasteiger partial charge in [-0.3, -0.25) is 4.79 Å². The number of hydrogen-bond acceptors (Lipinski definition) is 3. The number of nitrogens with one attached hydrogen (secondary N) is 1. The molecule has 74 valence electrons. The van der Waals surface area contributed by atoms with Gasteiger partial charge in [-0.2, -0.15) is 5.10 Å². The fourth-order valence-electron chi connectivity index (χ4n) is 1.17. The maximum atomic E-state index is 11.5. The Hall–Kier alpha value is -1.45. The summed E-state index contributed by atoms with van der Waals surface area (Å²) in [5.41, 5.74) is 1.22. The van der Waals surface area contributed by atoms with E-state index in [9.17, 15) is 4.79 Å². The minimum Gasteiger partial charge on any atom is -0.350 e. The highest BCUT2D eigenvalue weighted by molar-refractivity contribution is 5.92. The van der Waals surface area contributed by atoms with Gasteiger partial charge < -0.3 is 5.32 Å². The van der Waals surface area contributed by atoms with Gasteiger partial charge in [-0.25, -0.2) is 0 Å². The smallest absolute Gasteiger partial charge is 0.271 e. The van der Waals surface area contributed by atoms with Crippen LogP contribution >= 0.6 is 0 Å². The Labute approximate surface area is 82.7 Å². The van der Waals surface area contributed by atoms with Gasteiger partial charge in [0.2, 0.25) is 0 Å². The lowest BCUT2D eigenvalue weighted by atomic mass is 10.3. The van der Waals surface area contributed by atoms with E-state index in [0.717, 1.165) is 12.2 Å². The summed E-state index contributed by atoms with van der Waals surface area (Å²) in [5.74, 6) is 0.571. The summed E-state index contributed by atoms with van der Waals surface area (Å²) < 4.78 is 0. The van der Waals surface area contributed by atoms with Crippen molar-refractivity contribution in [2.75, 3.05) is 6.54 Å². The number of amides is 1. The zero-order chi connectivity index (χ0) is 9.97. The summed E-state index contributed by atoms with van der Waals surface area (Å²) in [5, 5.41) is 10.5. The monoisotopic (exact) mass is 191 g/mol. The molecule has 1 saturated carbocycles. The van der Waals surface area contributed by atoms with E-state index in [1.165, 1.54) is 12.8 Å². The zero-order valence-electron chi connectivity index (χ0n) is 8.16. The maximum Gasteiger partial charge on any atom is 0.271 e. The lowest BCUT2D eigenvalue weighted by molar-refractivity contribution is 0.0945. The van der Waals surface area contributed by atoms with Crippen LogP contribution in [0.25, 0.3) is 0 Å². The number of aryl methyl sites for hydroxylation is 1. The number of carbonyl (C=O) groups is 1. The van der Waals surface area contributed by atoms with Crippen molar-refractivity contribution in [3.63, 3.8) is 0 Å². The molecule has 0 radical (unpaired) electrons. The summed E-state index contributed by atoms with van der Waals surface area (Å²) in [6.45, 7) is 2.62. The normalized spacial score (nSPS) is 15.2. The third-order valence-corrected chi connectivity index (χ3v) is 2.28. The third-order valence-electron chi connectivity index (χ3n) is 2.28. The molecule has 1 amide bonds. The summed E-state index contributed by atoms with van der Waals surface area (Å²) in [6, 6.07) is 3.49. The van der Waals surface area contributed by atoms with Crippen molar-refractivity contribution in [2.45, 2.75) is 19.8 Å². The SMILES string of the molecule is Cc1ccc(C(=O)NCC2CC2)nn1. The van der Waals surface area contributed by atoms with Crippen LogP contribution in [-0.2, 0) is 0 Å². The molecule has 1 aliphatic carbocycles. The highest BCUT2D eigenvalue weighted by Gasteiger charge is 2.22. The minimum absolute atomic E-state index is 0.121. The molecule has 1 N–H and O–H groups in total. The molecule has 4 nitrogen and oxygen atoms in total. The van der Waals surface area contributed by atoms with Crippen LogP contribution in [0.1, 0.15) is 29.0 Å². The average molecular weight is 191 g/mol. The molecule has 1 aromatic rings. The topological polar surface area (TPSA) is 54.9 Å². The molecule has 0 aliphatic heterocycles. The van der Waals surface area contributed by atoms with Crippen molar-refractivity contribution in [3.8, 4) is 0 Å². The van der Waals surface area contributed by atoms with Crippen molar-refractivity contribution >= 4 is 5.91 Å². The van der Waals surface area contributed by atoms with E-state index in [1.807, 2.05) is 6.92 Å². The van der Waals surface area contributed by atoms with Gasteiger partial charge >= 0.3 is 0 Å². The van der Waals surface area contributed by atoms with Gasteiger partial charge in [-0.1, -0.05) is 0 Å². The van der Waals surface area contributed by atoms with Crippen LogP contribution in [0.3, 0.4) is 0 Å². The van der Waals surface area contributed by atoms with Gasteiger partial charge in [0.15, 0.2) is 5.69 Å². The summed E-state index contributed by atoms with van der Waals surface area (Å²) in [7, 11) is 0. The van der Waals surface area contributed by atoms with E-state index < -0.39 is 0 Å². The number of hydrogen-bond donors (Lipinski definition) is 1. The molecule has 4 heteroatoms. The molecule has 0 atom stereocenters. The van der Waals surface area contributed by atoms with Gasteiger partial charge in [-0.05, 0) is 37.8 Å². The van der Waals surface area contributed by atoms with Crippen LogP contribution in [0.2, 0.25) is 0 Å². The van der Waals surface area contributed by atoms with E-state index >= 15 is 0 Å². The molecule has 0 spiro atoms. The van der Waals surface area contributed by atoms with Crippen LogP contribution in [0, 0.1) is 12.8 Å². The Morgan fingerprint density at radius 3 is 2.86 bits per heavy atom. The second kappa shape index (κ2) is 3.74. The molecule has 0 unspecified atom stereocenters. The fourth-order valence-corrected chi connectivity index (χ4v) is 1.17. The maximum absolute atomic E-state index is 11.5. The molecule has 1 aromatic heterocycles. The first kappa shape index (κ1) is 9.12. The van der Waals surface area contributed by atoms with Crippen LogP contribution in [0.4, 0.5) is 0 Å². The second-order valence-corrected chi connectivity index (χ2v) is 3.71. The van der Waals surface area contributed by atoms with Crippen LogP contribution in [0.15, 0.2) is 12.1 Å². The summed E-state index contributed by atoms with van der Waals surface area (Å²) in [4.78, 5) is 11.5. The van der Waals surface area contributed by atoms with Gasteiger partial charge in [0.25, 0.3) is 5.91 Å². The molecule has 1 fully saturated rings. The first-order valence-corrected chi connectivity index (χ1v) is 4.84. The predicted molar refractivity (Wildman–Crippen MR) is 51.8 cm³/mol. The summed E-state index contributed by atoms with van der Waals surface area (Å²) >= 11 is 0. The number of aromatic nitrogens is 2. The Balaban J connectivity index is 1.92. The van der Waals surface area contributed by atoms with Crippen molar-refractivity contribution < 1.29 is 4.79 Å². The fraction of sp³-hybridized carbons (Fsp3) is 0.500. The highest BCUT2D eigenvalue weighted by atomic mass is 16.1. The summed E-state index contributed by atoms with van der Waals surface area (Å²) in [6.07, 6.45) is 2.47. The molecular formula is C10H13N3O. The first-order chi connectivity index (χ1) is 6.75. The number of carbonyl (C=O) groups excluding carboxylic acids is 1. The van der Waals surface area contributed by atoms with E-state index in [2.05, 4.69) is 15.5 Å². The van der Waals surface area contributed by atoms with E-state index in [4.69, 9.17) is 0 Å². The number of nitrogens with zero attached hydrogens (tertiary/aromatic N) is 2. The molecule has 0 bridgehead atoms. The van der Waals surface area contributed by atoms with Crippen molar-refractivity contribution in [1.82, 2.24) is 15.5 Å². The predicted octanol–water partition coefficient (Wildman–Crippen LogP) is 0.925. The molecule has 2 rings (SSSR count). The zero-order valence-corrected chi connectivity index (χ0v) is 8.16. The van der Waals surface area contributed by atoms with Gasteiger partial charge in [0.05, 0.1) is 5.69 Å². The standard InChI is InChI=1S/C10H13N3O/c1-7-2-5-9(13-12-7)10(14)11-6-8-3-4-8/h2,5,8H,3-4,6H2,1H3,(H,11,14). The van der Waals surface area contributed by atoms with Crippen molar-refractivity contribution in [2.24, 2.45) is 5.92 Å². The van der Waals surface area contributed by atoms with Crippen LogP contribution in [0.5, 0.6) is 0 Å². The molecule has 0 aromatic carbocycles. The Bertz CT molecular complexity index is 330. The average Bonchev–Trinajstić information content (AvgIpc) is 2.99. The minimum atomic E-state index is -0.121. The first-order valence-electron chi connectivity index (χ1n) is 4.84. The van der Waals surface area contributed by atoms with E-state index in [0.29, 0.717) is 11.6 Å². The molecule has 1 aliphatic rings. The van der Waals surface area contributed by atoms with Crippen LogP contribution in [-0.4, -0.2) is 22.6 Å². The quantitative estimate of drug-likeness (QED) is 0.773. The third kappa shape index (κ3) is 2.28.